The van der Waals surface area contributed by atoms with Crippen LogP contribution in [0.25, 0.3) is 0 Å². The van der Waals surface area contributed by atoms with Crippen LogP contribution in [0, 0.1) is 5.82 Å². The molecule has 0 unspecified atom stereocenters. The maximum absolute atomic E-state index is 13.3. The van der Waals surface area contributed by atoms with E-state index in [1.165, 1.54) is 19.2 Å². The van der Waals surface area contributed by atoms with Crippen molar-refractivity contribution in [1.82, 2.24) is 5.32 Å². The van der Waals surface area contributed by atoms with Gasteiger partial charge in [0.15, 0.2) is 11.6 Å². The molecule has 102 valence electrons. The van der Waals surface area contributed by atoms with Crippen LogP contribution in [0.5, 0.6) is 5.75 Å². The van der Waals surface area contributed by atoms with E-state index < -0.39 is 18.4 Å². The summed E-state index contributed by atoms with van der Waals surface area (Å²) in [4.78, 5) is 0. The summed E-state index contributed by atoms with van der Waals surface area (Å²) in [6, 6.07) is 4.45. The van der Waals surface area contributed by atoms with Crippen molar-refractivity contribution in [3.05, 3.63) is 29.6 Å². The second-order valence-electron chi connectivity index (χ2n) is 3.86. The molecule has 0 aliphatic rings. The molecule has 6 heteroatoms. The smallest absolute Gasteiger partial charge is 0.389 e. The van der Waals surface area contributed by atoms with Crippen LogP contribution in [0.3, 0.4) is 0 Å². The van der Waals surface area contributed by atoms with Crippen molar-refractivity contribution in [3.8, 4) is 5.75 Å². The van der Waals surface area contributed by atoms with E-state index in [9.17, 15) is 17.6 Å². The molecule has 1 N–H and O–H groups in total. The van der Waals surface area contributed by atoms with Crippen molar-refractivity contribution in [2.24, 2.45) is 0 Å². The zero-order valence-corrected chi connectivity index (χ0v) is 9.98. The van der Waals surface area contributed by atoms with Crippen LogP contribution in [-0.4, -0.2) is 19.8 Å². The first-order valence-corrected chi connectivity index (χ1v) is 5.52. The molecule has 0 aromatic heterocycles. The summed E-state index contributed by atoms with van der Waals surface area (Å²) in [5.74, 6) is -0.331. The molecule has 0 fully saturated rings. The Kier molecular flexibility index (Phi) is 5.40. The van der Waals surface area contributed by atoms with Gasteiger partial charge in [-0.05, 0) is 30.7 Å². The minimum atomic E-state index is -4.12. The van der Waals surface area contributed by atoms with Crippen molar-refractivity contribution in [3.63, 3.8) is 0 Å². The Hall–Kier alpha value is -1.30. The normalized spacial score (nSPS) is 11.6. The van der Waals surface area contributed by atoms with Crippen molar-refractivity contribution < 1.29 is 22.3 Å². The molecule has 0 radical (unpaired) electrons. The first kappa shape index (κ1) is 14.8. The van der Waals surface area contributed by atoms with Gasteiger partial charge in [0, 0.05) is 13.0 Å². The van der Waals surface area contributed by atoms with E-state index in [4.69, 9.17) is 4.74 Å². The topological polar surface area (TPSA) is 21.3 Å². The molecule has 1 rings (SSSR count). The average molecular weight is 265 g/mol. The molecule has 18 heavy (non-hydrogen) atoms. The molecule has 0 saturated carbocycles. The van der Waals surface area contributed by atoms with E-state index in [1.807, 2.05) is 0 Å². The first-order chi connectivity index (χ1) is 8.42. The van der Waals surface area contributed by atoms with E-state index in [-0.39, 0.29) is 18.7 Å². The highest BCUT2D eigenvalue weighted by Gasteiger charge is 2.25. The Morgan fingerprint density at radius 2 is 2.00 bits per heavy atom. The second-order valence-corrected chi connectivity index (χ2v) is 3.86. The van der Waals surface area contributed by atoms with Crippen LogP contribution in [-0.2, 0) is 6.54 Å². The van der Waals surface area contributed by atoms with Crippen LogP contribution in [0.1, 0.15) is 18.4 Å². The van der Waals surface area contributed by atoms with Gasteiger partial charge < -0.3 is 10.1 Å². The predicted octanol–water partition coefficient (Wildman–Crippen LogP) is 3.27. The summed E-state index contributed by atoms with van der Waals surface area (Å²) in [5.41, 5.74) is 0.667. The fourth-order valence-corrected chi connectivity index (χ4v) is 1.47. The van der Waals surface area contributed by atoms with E-state index in [0.29, 0.717) is 12.1 Å². The summed E-state index contributed by atoms with van der Waals surface area (Å²) >= 11 is 0. The maximum atomic E-state index is 13.3. The minimum Gasteiger partial charge on any atom is -0.494 e. The number of hydrogen-bond donors (Lipinski definition) is 1. The van der Waals surface area contributed by atoms with Gasteiger partial charge in [-0.1, -0.05) is 6.07 Å². The zero-order valence-electron chi connectivity index (χ0n) is 9.98. The number of methoxy groups -OCH3 is 1. The maximum Gasteiger partial charge on any atom is 0.389 e. The Bertz CT molecular complexity index is 379. The lowest BCUT2D eigenvalue weighted by Gasteiger charge is -2.08. The molecule has 0 heterocycles. The highest BCUT2D eigenvalue weighted by Crippen LogP contribution is 2.21. The molecular formula is C12H15F4NO. The number of hydrogen-bond acceptors (Lipinski definition) is 2. The molecular weight excluding hydrogens is 250 g/mol. The quantitative estimate of drug-likeness (QED) is 0.629. The minimum absolute atomic E-state index is 0.0160. The summed E-state index contributed by atoms with van der Waals surface area (Å²) < 4.78 is 53.6. The lowest BCUT2D eigenvalue weighted by atomic mass is 10.2. The number of ether oxygens (including phenoxy) is 1. The van der Waals surface area contributed by atoms with Gasteiger partial charge in [0.25, 0.3) is 0 Å². The van der Waals surface area contributed by atoms with Gasteiger partial charge in [-0.15, -0.1) is 0 Å². The van der Waals surface area contributed by atoms with Crippen LogP contribution >= 0.6 is 0 Å². The van der Waals surface area contributed by atoms with E-state index in [2.05, 4.69) is 5.32 Å². The summed E-state index contributed by atoms with van der Waals surface area (Å²) in [5, 5.41) is 2.83. The summed E-state index contributed by atoms with van der Waals surface area (Å²) in [7, 11) is 1.37. The molecule has 0 aliphatic heterocycles. The fourth-order valence-electron chi connectivity index (χ4n) is 1.47. The van der Waals surface area contributed by atoms with E-state index in [0.717, 1.165) is 0 Å². The highest BCUT2D eigenvalue weighted by atomic mass is 19.4. The first-order valence-electron chi connectivity index (χ1n) is 5.52. The van der Waals surface area contributed by atoms with Gasteiger partial charge in [-0.3, -0.25) is 0 Å². The molecule has 0 atom stereocenters. The molecule has 0 aliphatic carbocycles. The van der Waals surface area contributed by atoms with Gasteiger partial charge in [-0.2, -0.15) is 13.2 Å². The standard InChI is InChI=1S/C12H15F4NO/c1-18-11-4-3-9(7-10(11)13)8-17-6-2-5-12(14,15)16/h3-4,7,17H,2,5-6,8H2,1H3. The van der Waals surface area contributed by atoms with Gasteiger partial charge in [0.2, 0.25) is 0 Å². The van der Waals surface area contributed by atoms with Gasteiger partial charge in [-0.25, -0.2) is 4.39 Å². The largest absolute Gasteiger partial charge is 0.494 e. The fraction of sp³-hybridized carbons (Fsp3) is 0.500. The average Bonchev–Trinajstić information content (AvgIpc) is 2.27. The molecule has 0 bridgehead atoms. The number of alkyl halides is 3. The van der Waals surface area contributed by atoms with E-state index >= 15 is 0 Å². The summed E-state index contributed by atoms with van der Waals surface area (Å²) in [6.45, 7) is 0.575. The molecule has 0 saturated heterocycles. The Balaban J connectivity index is 2.29. The van der Waals surface area contributed by atoms with Crippen molar-refractivity contribution in [2.75, 3.05) is 13.7 Å². The predicted molar refractivity (Wildman–Crippen MR) is 59.9 cm³/mol. The van der Waals surface area contributed by atoms with Gasteiger partial charge >= 0.3 is 6.18 Å². The molecule has 0 spiro atoms. The van der Waals surface area contributed by atoms with Crippen molar-refractivity contribution >= 4 is 0 Å². The third-order valence-electron chi connectivity index (χ3n) is 2.36. The van der Waals surface area contributed by atoms with Crippen molar-refractivity contribution in [2.45, 2.75) is 25.6 Å². The Morgan fingerprint density at radius 3 is 2.56 bits per heavy atom. The number of benzene rings is 1. The number of rotatable bonds is 6. The third-order valence-corrected chi connectivity index (χ3v) is 2.36. The third kappa shape index (κ3) is 5.35. The van der Waals surface area contributed by atoms with Gasteiger partial charge in [0.05, 0.1) is 7.11 Å². The van der Waals surface area contributed by atoms with Crippen molar-refractivity contribution in [1.29, 1.82) is 0 Å². The lowest BCUT2D eigenvalue weighted by molar-refractivity contribution is -0.135. The lowest BCUT2D eigenvalue weighted by Crippen LogP contribution is -2.17. The summed E-state index contributed by atoms with van der Waals surface area (Å²) in [6.07, 6.45) is -4.91. The number of nitrogens with one attached hydrogen (secondary N) is 1. The van der Waals surface area contributed by atoms with E-state index in [1.54, 1.807) is 6.07 Å². The van der Waals surface area contributed by atoms with Crippen LogP contribution < -0.4 is 10.1 Å². The Labute approximate surface area is 103 Å². The Morgan fingerprint density at radius 1 is 1.28 bits per heavy atom. The molecule has 1 aromatic rings. The van der Waals surface area contributed by atoms with Crippen LogP contribution in [0.4, 0.5) is 17.6 Å². The molecule has 2 nitrogen and oxygen atoms in total. The van der Waals surface area contributed by atoms with Gasteiger partial charge in [0.1, 0.15) is 0 Å². The monoisotopic (exact) mass is 265 g/mol. The highest BCUT2D eigenvalue weighted by molar-refractivity contribution is 5.29. The van der Waals surface area contributed by atoms with Crippen LogP contribution in [0.2, 0.25) is 0 Å². The number of halogens is 4. The SMILES string of the molecule is COc1ccc(CNCCCC(F)(F)F)cc1F. The van der Waals surface area contributed by atoms with Crippen LogP contribution in [0.15, 0.2) is 18.2 Å². The molecule has 1 aromatic carbocycles. The molecule has 0 amide bonds. The zero-order chi connectivity index (χ0) is 13.6. The second kappa shape index (κ2) is 6.58.